The number of anilines is 2. The third-order valence-electron chi connectivity index (χ3n) is 3.93. The van der Waals surface area contributed by atoms with Crippen molar-refractivity contribution < 1.29 is 9.72 Å². The maximum atomic E-state index is 12.4. The highest BCUT2D eigenvalue weighted by Gasteiger charge is 2.18. The highest BCUT2D eigenvalue weighted by atomic mass is 16.6. The molecule has 0 aliphatic carbocycles. The van der Waals surface area contributed by atoms with Crippen molar-refractivity contribution >= 4 is 33.7 Å². The number of carbonyl (C=O) groups excluding carboxylic acids is 1. The smallest absolute Gasteiger partial charge is 0.292 e. The Morgan fingerprint density at radius 1 is 1.04 bits per heavy atom. The summed E-state index contributed by atoms with van der Waals surface area (Å²) in [5, 5.41) is 16.0. The first-order chi connectivity index (χ1) is 12.1. The highest BCUT2D eigenvalue weighted by molar-refractivity contribution is 6.03. The first-order valence-corrected chi connectivity index (χ1v) is 7.78. The number of hydrogen-bond donors (Lipinski definition) is 1. The van der Waals surface area contributed by atoms with Gasteiger partial charge in [-0.1, -0.05) is 48.5 Å². The van der Waals surface area contributed by atoms with E-state index in [0.29, 0.717) is 5.69 Å². The lowest BCUT2D eigenvalue weighted by atomic mass is 10.1. The van der Waals surface area contributed by atoms with Crippen LogP contribution in [0.25, 0.3) is 10.8 Å². The summed E-state index contributed by atoms with van der Waals surface area (Å²) in [4.78, 5) is 24.6. The third kappa shape index (κ3) is 3.58. The molecule has 126 valence electrons. The standard InChI is InChI=1S/C19H17N3O3/c1-21(17-11-4-5-12-18(17)22(24)25)13-19(23)20-16-10-6-8-14-7-2-3-9-15(14)16/h2-12H,13H2,1H3,(H,20,23). The number of para-hydroxylation sites is 2. The number of hydrogen-bond acceptors (Lipinski definition) is 4. The van der Waals surface area contributed by atoms with Crippen LogP contribution in [0.2, 0.25) is 0 Å². The summed E-state index contributed by atoms with van der Waals surface area (Å²) in [5.74, 6) is -0.239. The van der Waals surface area contributed by atoms with Gasteiger partial charge in [0.15, 0.2) is 0 Å². The molecule has 0 unspecified atom stereocenters. The minimum absolute atomic E-state index is 0.00801. The fourth-order valence-corrected chi connectivity index (χ4v) is 2.77. The van der Waals surface area contributed by atoms with Crippen LogP contribution in [0.15, 0.2) is 66.7 Å². The predicted octanol–water partition coefficient (Wildman–Crippen LogP) is 3.82. The van der Waals surface area contributed by atoms with Gasteiger partial charge in [0.2, 0.25) is 5.91 Å². The molecule has 0 aliphatic heterocycles. The van der Waals surface area contributed by atoms with Crippen LogP contribution < -0.4 is 10.2 Å². The number of benzene rings is 3. The minimum atomic E-state index is -0.450. The molecule has 0 heterocycles. The maximum absolute atomic E-state index is 12.4. The summed E-state index contributed by atoms with van der Waals surface area (Å²) in [6.07, 6.45) is 0. The van der Waals surface area contributed by atoms with Crippen LogP contribution >= 0.6 is 0 Å². The van der Waals surface area contributed by atoms with Gasteiger partial charge in [-0.25, -0.2) is 0 Å². The molecule has 0 aliphatic rings. The topological polar surface area (TPSA) is 75.5 Å². The molecular formula is C19H17N3O3. The molecular weight excluding hydrogens is 318 g/mol. The van der Waals surface area contributed by atoms with Crippen molar-refractivity contribution in [1.82, 2.24) is 0 Å². The van der Waals surface area contributed by atoms with Crippen molar-refractivity contribution in [1.29, 1.82) is 0 Å². The first kappa shape index (κ1) is 16.4. The number of nitro benzene ring substituents is 1. The third-order valence-corrected chi connectivity index (χ3v) is 3.93. The number of fused-ring (bicyclic) bond motifs is 1. The molecule has 0 fully saturated rings. The number of nitrogens with one attached hydrogen (secondary N) is 1. The SMILES string of the molecule is CN(CC(=O)Nc1cccc2ccccc12)c1ccccc1[N+](=O)[O-]. The number of carbonyl (C=O) groups is 1. The molecule has 0 saturated heterocycles. The Hall–Kier alpha value is -3.41. The summed E-state index contributed by atoms with van der Waals surface area (Å²) in [6.45, 7) is 0.00801. The predicted molar refractivity (Wildman–Crippen MR) is 98.9 cm³/mol. The van der Waals surface area contributed by atoms with E-state index < -0.39 is 4.92 Å². The summed E-state index contributed by atoms with van der Waals surface area (Å²) in [6, 6.07) is 19.8. The second kappa shape index (κ2) is 7.00. The van der Waals surface area contributed by atoms with E-state index in [4.69, 9.17) is 0 Å². The molecule has 25 heavy (non-hydrogen) atoms. The number of likely N-dealkylation sites (N-methyl/N-ethyl adjacent to an activating group) is 1. The van der Waals surface area contributed by atoms with Gasteiger partial charge < -0.3 is 10.2 Å². The van der Waals surface area contributed by atoms with E-state index in [9.17, 15) is 14.9 Å². The Morgan fingerprint density at radius 2 is 1.72 bits per heavy atom. The molecule has 0 saturated carbocycles. The molecule has 3 aromatic rings. The average Bonchev–Trinajstić information content (AvgIpc) is 2.62. The van der Waals surface area contributed by atoms with Crippen LogP contribution in [-0.4, -0.2) is 24.4 Å². The summed E-state index contributed by atoms with van der Waals surface area (Å²) in [5.41, 5.74) is 1.10. The van der Waals surface area contributed by atoms with Gasteiger partial charge in [0.25, 0.3) is 5.69 Å². The van der Waals surface area contributed by atoms with Crippen LogP contribution in [0.3, 0.4) is 0 Å². The van der Waals surface area contributed by atoms with Crippen molar-refractivity contribution in [3.05, 3.63) is 76.8 Å². The molecule has 1 N–H and O–H groups in total. The second-order valence-corrected chi connectivity index (χ2v) is 5.68. The van der Waals surface area contributed by atoms with Crippen LogP contribution in [-0.2, 0) is 4.79 Å². The van der Waals surface area contributed by atoms with Gasteiger partial charge in [0.05, 0.1) is 11.5 Å². The van der Waals surface area contributed by atoms with Crippen molar-refractivity contribution in [3.8, 4) is 0 Å². The lowest BCUT2D eigenvalue weighted by Crippen LogP contribution is -2.30. The van der Waals surface area contributed by atoms with Gasteiger partial charge >= 0.3 is 0 Å². The number of nitrogens with zero attached hydrogens (tertiary/aromatic N) is 2. The van der Waals surface area contributed by atoms with E-state index in [-0.39, 0.29) is 18.1 Å². The number of rotatable bonds is 5. The quantitative estimate of drug-likeness (QED) is 0.568. The Labute approximate surface area is 144 Å². The Bertz CT molecular complexity index is 935. The average molecular weight is 335 g/mol. The van der Waals surface area contributed by atoms with Crippen molar-refractivity contribution in [2.45, 2.75) is 0 Å². The van der Waals surface area contributed by atoms with E-state index in [1.165, 1.54) is 6.07 Å². The molecule has 6 heteroatoms. The van der Waals surface area contributed by atoms with Gasteiger partial charge in [-0.3, -0.25) is 14.9 Å². The Balaban J connectivity index is 1.77. The Kier molecular flexibility index (Phi) is 4.61. The molecule has 0 bridgehead atoms. The largest absolute Gasteiger partial charge is 0.360 e. The fourth-order valence-electron chi connectivity index (χ4n) is 2.77. The minimum Gasteiger partial charge on any atom is -0.360 e. The molecule has 0 spiro atoms. The molecule has 6 nitrogen and oxygen atoms in total. The van der Waals surface area contributed by atoms with Crippen LogP contribution in [0.1, 0.15) is 0 Å². The van der Waals surface area contributed by atoms with Gasteiger partial charge in [-0.05, 0) is 17.5 Å². The molecule has 1 amide bonds. The van der Waals surface area contributed by atoms with Crippen LogP contribution in [0.4, 0.5) is 17.1 Å². The van der Waals surface area contributed by atoms with E-state index in [2.05, 4.69) is 5.32 Å². The van der Waals surface area contributed by atoms with Crippen molar-refractivity contribution in [3.63, 3.8) is 0 Å². The molecule has 0 atom stereocenters. The second-order valence-electron chi connectivity index (χ2n) is 5.68. The van der Waals surface area contributed by atoms with Gasteiger partial charge in [0, 0.05) is 24.2 Å². The van der Waals surface area contributed by atoms with E-state index >= 15 is 0 Å². The fraction of sp³-hybridized carbons (Fsp3) is 0.105. The highest BCUT2D eigenvalue weighted by Crippen LogP contribution is 2.27. The maximum Gasteiger partial charge on any atom is 0.292 e. The zero-order chi connectivity index (χ0) is 17.8. The lowest BCUT2D eigenvalue weighted by Gasteiger charge is -2.19. The van der Waals surface area contributed by atoms with E-state index in [1.807, 2.05) is 42.5 Å². The van der Waals surface area contributed by atoms with Crippen molar-refractivity contribution in [2.24, 2.45) is 0 Å². The molecule has 0 aromatic heterocycles. The molecule has 3 aromatic carbocycles. The monoisotopic (exact) mass is 335 g/mol. The van der Waals surface area contributed by atoms with E-state index in [0.717, 1.165) is 16.5 Å². The van der Waals surface area contributed by atoms with Gasteiger partial charge in [-0.15, -0.1) is 0 Å². The number of nitro groups is 1. The summed E-state index contributed by atoms with van der Waals surface area (Å²) >= 11 is 0. The van der Waals surface area contributed by atoms with Gasteiger partial charge in [0.1, 0.15) is 5.69 Å². The molecule has 0 radical (unpaired) electrons. The summed E-state index contributed by atoms with van der Waals surface area (Å²) < 4.78 is 0. The first-order valence-electron chi connectivity index (χ1n) is 7.78. The summed E-state index contributed by atoms with van der Waals surface area (Å²) in [7, 11) is 1.66. The number of amides is 1. The van der Waals surface area contributed by atoms with Crippen molar-refractivity contribution in [2.75, 3.05) is 23.8 Å². The van der Waals surface area contributed by atoms with E-state index in [1.54, 1.807) is 30.1 Å². The zero-order valence-electron chi connectivity index (χ0n) is 13.7. The van der Waals surface area contributed by atoms with Gasteiger partial charge in [-0.2, -0.15) is 0 Å². The lowest BCUT2D eigenvalue weighted by molar-refractivity contribution is -0.384. The zero-order valence-corrected chi connectivity index (χ0v) is 13.7. The van der Waals surface area contributed by atoms with Crippen LogP contribution in [0.5, 0.6) is 0 Å². The van der Waals surface area contributed by atoms with Crippen LogP contribution in [0, 0.1) is 10.1 Å². The molecule has 3 rings (SSSR count). The Morgan fingerprint density at radius 3 is 2.52 bits per heavy atom. The normalized spacial score (nSPS) is 10.4.